The molecule has 4 N–H and O–H groups in total. The van der Waals surface area contributed by atoms with Crippen molar-refractivity contribution in [2.24, 2.45) is 11.7 Å². The molecule has 4 heteroatoms. The van der Waals surface area contributed by atoms with E-state index in [4.69, 9.17) is 10.5 Å². The van der Waals surface area contributed by atoms with Crippen molar-refractivity contribution in [1.82, 2.24) is 5.32 Å². The van der Waals surface area contributed by atoms with Gasteiger partial charge in [0.15, 0.2) is 11.5 Å². The van der Waals surface area contributed by atoms with Crippen molar-refractivity contribution in [1.29, 1.82) is 0 Å². The summed E-state index contributed by atoms with van der Waals surface area (Å²) in [5, 5.41) is 13.6. The number of rotatable bonds is 8. The Labute approximate surface area is 116 Å². The van der Waals surface area contributed by atoms with Crippen LogP contribution in [0.4, 0.5) is 0 Å². The van der Waals surface area contributed by atoms with Crippen molar-refractivity contribution in [3.8, 4) is 11.5 Å². The third kappa shape index (κ3) is 4.73. The zero-order valence-electron chi connectivity index (χ0n) is 12.1. The van der Waals surface area contributed by atoms with Gasteiger partial charge in [-0.25, -0.2) is 0 Å². The molecule has 1 aromatic carbocycles. The van der Waals surface area contributed by atoms with E-state index in [1.807, 2.05) is 19.1 Å². The molecular formula is C15H26N2O2. The Morgan fingerprint density at radius 1 is 1.37 bits per heavy atom. The van der Waals surface area contributed by atoms with Gasteiger partial charge in [0.2, 0.25) is 0 Å². The normalized spacial score (nSPS) is 12.7. The smallest absolute Gasteiger partial charge is 0.161 e. The van der Waals surface area contributed by atoms with E-state index >= 15 is 0 Å². The molecule has 0 aliphatic rings. The molecule has 0 aromatic heterocycles. The van der Waals surface area contributed by atoms with Gasteiger partial charge in [0, 0.05) is 19.1 Å². The molecule has 0 heterocycles. The Kier molecular flexibility index (Phi) is 6.67. The summed E-state index contributed by atoms with van der Waals surface area (Å²) in [5.41, 5.74) is 6.44. The van der Waals surface area contributed by atoms with Crippen LogP contribution in [-0.2, 0) is 6.42 Å². The predicted molar refractivity (Wildman–Crippen MR) is 78.7 cm³/mol. The standard InChI is InChI=1S/C15H26N2O2/c1-4-19-14-7-5-6-12(15(14)18)10-13(11(2)3)17-9-8-16/h5-7,11,13,17-18H,4,8-10,16H2,1-3H3. The van der Waals surface area contributed by atoms with Crippen LogP contribution < -0.4 is 15.8 Å². The van der Waals surface area contributed by atoms with Gasteiger partial charge in [-0.3, -0.25) is 0 Å². The van der Waals surface area contributed by atoms with Crippen LogP contribution >= 0.6 is 0 Å². The molecule has 1 rings (SSSR count). The van der Waals surface area contributed by atoms with Gasteiger partial charge in [-0.2, -0.15) is 0 Å². The van der Waals surface area contributed by atoms with Crippen LogP contribution in [-0.4, -0.2) is 30.8 Å². The van der Waals surface area contributed by atoms with E-state index < -0.39 is 0 Å². The number of nitrogens with two attached hydrogens (primary N) is 1. The minimum Gasteiger partial charge on any atom is -0.504 e. The molecule has 0 radical (unpaired) electrons. The highest BCUT2D eigenvalue weighted by atomic mass is 16.5. The van der Waals surface area contributed by atoms with Gasteiger partial charge in [-0.1, -0.05) is 26.0 Å². The molecule has 0 bridgehead atoms. The monoisotopic (exact) mass is 266 g/mol. The highest BCUT2D eigenvalue weighted by Crippen LogP contribution is 2.31. The van der Waals surface area contributed by atoms with Crippen molar-refractivity contribution in [3.05, 3.63) is 23.8 Å². The van der Waals surface area contributed by atoms with Crippen molar-refractivity contribution >= 4 is 0 Å². The summed E-state index contributed by atoms with van der Waals surface area (Å²) >= 11 is 0. The fourth-order valence-electron chi connectivity index (χ4n) is 2.05. The molecule has 0 spiro atoms. The predicted octanol–water partition coefficient (Wildman–Crippen LogP) is 1.91. The van der Waals surface area contributed by atoms with Crippen LogP contribution in [0.5, 0.6) is 11.5 Å². The summed E-state index contributed by atoms with van der Waals surface area (Å²) in [4.78, 5) is 0. The highest BCUT2D eigenvalue weighted by Gasteiger charge is 2.16. The molecular weight excluding hydrogens is 240 g/mol. The number of benzene rings is 1. The summed E-state index contributed by atoms with van der Waals surface area (Å²) in [6, 6.07) is 5.95. The molecule has 0 saturated carbocycles. The van der Waals surface area contributed by atoms with Gasteiger partial charge in [-0.15, -0.1) is 0 Å². The van der Waals surface area contributed by atoms with E-state index in [-0.39, 0.29) is 5.75 Å². The van der Waals surface area contributed by atoms with Crippen LogP contribution in [0.25, 0.3) is 0 Å². The molecule has 1 unspecified atom stereocenters. The lowest BCUT2D eigenvalue weighted by Crippen LogP contribution is -2.38. The molecule has 19 heavy (non-hydrogen) atoms. The first-order chi connectivity index (χ1) is 9.10. The fraction of sp³-hybridized carbons (Fsp3) is 0.600. The maximum atomic E-state index is 10.2. The molecule has 0 aliphatic carbocycles. The quantitative estimate of drug-likeness (QED) is 0.672. The van der Waals surface area contributed by atoms with E-state index in [1.54, 1.807) is 6.07 Å². The third-order valence-electron chi connectivity index (χ3n) is 3.18. The first-order valence-corrected chi connectivity index (χ1v) is 6.97. The fourth-order valence-corrected chi connectivity index (χ4v) is 2.05. The number of phenols is 1. The SMILES string of the molecule is CCOc1cccc(CC(NCCN)C(C)C)c1O. The summed E-state index contributed by atoms with van der Waals surface area (Å²) in [5.74, 6) is 1.28. The number of nitrogens with one attached hydrogen (secondary N) is 1. The minimum atomic E-state index is 0.254. The lowest BCUT2D eigenvalue weighted by molar-refractivity contribution is 0.314. The molecule has 0 amide bonds. The van der Waals surface area contributed by atoms with Gasteiger partial charge in [0.25, 0.3) is 0 Å². The second kappa shape index (κ2) is 8.02. The van der Waals surface area contributed by atoms with E-state index in [0.29, 0.717) is 30.9 Å². The number of hydrogen-bond donors (Lipinski definition) is 3. The van der Waals surface area contributed by atoms with Crippen LogP contribution in [0.1, 0.15) is 26.3 Å². The van der Waals surface area contributed by atoms with E-state index in [1.165, 1.54) is 0 Å². The maximum Gasteiger partial charge on any atom is 0.161 e. The van der Waals surface area contributed by atoms with Crippen molar-refractivity contribution < 1.29 is 9.84 Å². The molecule has 108 valence electrons. The number of aromatic hydroxyl groups is 1. The number of ether oxygens (including phenoxy) is 1. The third-order valence-corrected chi connectivity index (χ3v) is 3.18. The van der Waals surface area contributed by atoms with Crippen molar-refractivity contribution in [3.63, 3.8) is 0 Å². The second-order valence-corrected chi connectivity index (χ2v) is 4.99. The lowest BCUT2D eigenvalue weighted by Gasteiger charge is -2.23. The summed E-state index contributed by atoms with van der Waals surface area (Å²) in [6.45, 7) is 8.19. The van der Waals surface area contributed by atoms with E-state index in [9.17, 15) is 5.11 Å². The summed E-state index contributed by atoms with van der Waals surface area (Å²) in [7, 11) is 0. The Morgan fingerprint density at radius 3 is 2.68 bits per heavy atom. The average molecular weight is 266 g/mol. The number of para-hydroxylation sites is 1. The topological polar surface area (TPSA) is 67.5 Å². The lowest BCUT2D eigenvalue weighted by atomic mass is 9.95. The Bertz CT molecular complexity index is 380. The van der Waals surface area contributed by atoms with Crippen molar-refractivity contribution in [2.45, 2.75) is 33.2 Å². The van der Waals surface area contributed by atoms with E-state index in [2.05, 4.69) is 19.2 Å². The second-order valence-electron chi connectivity index (χ2n) is 4.99. The van der Waals surface area contributed by atoms with Crippen LogP contribution in [0, 0.1) is 5.92 Å². The average Bonchev–Trinajstić information content (AvgIpc) is 2.38. The van der Waals surface area contributed by atoms with Crippen LogP contribution in [0.2, 0.25) is 0 Å². The molecule has 0 aliphatic heterocycles. The summed E-state index contributed by atoms with van der Waals surface area (Å²) in [6.07, 6.45) is 0.768. The molecule has 1 aromatic rings. The number of hydrogen-bond acceptors (Lipinski definition) is 4. The first-order valence-electron chi connectivity index (χ1n) is 6.97. The maximum absolute atomic E-state index is 10.2. The highest BCUT2D eigenvalue weighted by molar-refractivity contribution is 5.45. The summed E-state index contributed by atoms with van der Waals surface area (Å²) < 4.78 is 5.41. The zero-order chi connectivity index (χ0) is 14.3. The molecule has 1 atom stereocenters. The first kappa shape index (κ1) is 15.8. The van der Waals surface area contributed by atoms with Crippen LogP contribution in [0.15, 0.2) is 18.2 Å². The van der Waals surface area contributed by atoms with Crippen LogP contribution in [0.3, 0.4) is 0 Å². The molecule has 0 saturated heterocycles. The van der Waals surface area contributed by atoms with Gasteiger partial charge >= 0.3 is 0 Å². The van der Waals surface area contributed by atoms with Crippen molar-refractivity contribution in [2.75, 3.05) is 19.7 Å². The molecule has 0 fully saturated rings. The largest absolute Gasteiger partial charge is 0.504 e. The number of phenolic OH excluding ortho intramolecular Hbond substituents is 1. The van der Waals surface area contributed by atoms with Gasteiger partial charge in [0.05, 0.1) is 6.61 Å². The Morgan fingerprint density at radius 2 is 2.11 bits per heavy atom. The van der Waals surface area contributed by atoms with Gasteiger partial charge < -0.3 is 20.9 Å². The van der Waals surface area contributed by atoms with Gasteiger partial charge in [0.1, 0.15) is 0 Å². The Balaban J connectivity index is 2.81. The molecule has 4 nitrogen and oxygen atoms in total. The van der Waals surface area contributed by atoms with Gasteiger partial charge in [-0.05, 0) is 30.9 Å². The minimum absolute atomic E-state index is 0.254. The van der Waals surface area contributed by atoms with E-state index in [0.717, 1.165) is 18.5 Å². The zero-order valence-corrected chi connectivity index (χ0v) is 12.1. The Hall–Kier alpha value is -1.26.